The topological polar surface area (TPSA) is 115 Å². The van der Waals surface area contributed by atoms with Crippen LogP contribution in [0, 0.1) is 0 Å². The number of hydrogen-bond donors (Lipinski definition) is 4. The molecule has 1 aliphatic carbocycles. The molecular weight excluding hydrogens is 518 g/mol. The SMILES string of the molecule is CCCCCCCC(=O)N(CCc1cc2ccccc2[nH]1)C1C=C(C(=O)NCCO)C2c3ccccc3OC2C1O. The Balaban J connectivity index is 1.44. The summed E-state index contributed by atoms with van der Waals surface area (Å²) in [6, 6.07) is 16.9. The Hall–Kier alpha value is -3.62. The average Bonchev–Trinajstić information content (AvgIpc) is 3.59. The normalized spacial score (nSPS) is 21.1. The number of amides is 2. The summed E-state index contributed by atoms with van der Waals surface area (Å²) in [7, 11) is 0. The molecule has 1 aliphatic heterocycles. The smallest absolute Gasteiger partial charge is 0.247 e. The molecule has 8 heteroatoms. The molecule has 0 saturated heterocycles. The lowest BCUT2D eigenvalue weighted by Gasteiger charge is -2.40. The lowest BCUT2D eigenvalue weighted by Crippen LogP contribution is -2.56. The molecule has 0 saturated carbocycles. The van der Waals surface area contributed by atoms with Gasteiger partial charge in [-0.05, 0) is 36.1 Å². The van der Waals surface area contributed by atoms with Gasteiger partial charge in [-0.15, -0.1) is 0 Å². The molecule has 0 spiro atoms. The van der Waals surface area contributed by atoms with Crippen LogP contribution >= 0.6 is 0 Å². The van der Waals surface area contributed by atoms with Crippen LogP contribution in [0.25, 0.3) is 10.9 Å². The molecule has 4 N–H and O–H groups in total. The number of benzene rings is 2. The van der Waals surface area contributed by atoms with E-state index in [0.717, 1.165) is 54.3 Å². The predicted octanol–water partition coefficient (Wildman–Crippen LogP) is 4.22. The molecule has 2 aromatic carbocycles. The number of carbonyl (C=O) groups excluding carboxylic acids is 2. The first-order valence-electron chi connectivity index (χ1n) is 14.9. The molecule has 4 unspecified atom stereocenters. The second-order valence-electron chi connectivity index (χ2n) is 11.1. The third-order valence-electron chi connectivity index (χ3n) is 8.26. The van der Waals surface area contributed by atoms with E-state index in [0.29, 0.717) is 30.7 Å². The zero-order chi connectivity index (χ0) is 28.8. The lowest BCUT2D eigenvalue weighted by atomic mass is 9.77. The van der Waals surface area contributed by atoms with Crippen LogP contribution in [0.15, 0.2) is 66.2 Å². The highest BCUT2D eigenvalue weighted by molar-refractivity contribution is 5.96. The summed E-state index contributed by atoms with van der Waals surface area (Å²) < 4.78 is 6.23. The minimum atomic E-state index is -1.02. The van der Waals surface area contributed by atoms with Crippen LogP contribution in [0.3, 0.4) is 0 Å². The number of fused-ring (bicyclic) bond motifs is 4. The second kappa shape index (κ2) is 13.4. The van der Waals surface area contributed by atoms with Crippen LogP contribution in [-0.2, 0) is 16.0 Å². The quantitative estimate of drug-likeness (QED) is 0.234. The number of ether oxygens (including phenoxy) is 1. The van der Waals surface area contributed by atoms with Gasteiger partial charge in [-0.3, -0.25) is 9.59 Å². The molecule has 2 heterocycles. The molecule has 2 aliphatic rings. The van der Waals surface area contributed by atoms with E-state index >= 15 is 0 Å². The number of nitrogens with zero attached hydrogens (tertiary/aromatic N) is 1. The fraction of sp³-hybridized carbons (Fsp3) is 0.455. The van der Waals surface area contributed by atoms with Gasteiger partial charge in [0, 0.05) is 48.3 Å². The Morgan fingerprint density at radius 2 is 1.83 bits per heavy atom. The van der Waals surface area contributed by atoms with Crippen molar-refractivity contribution in [3.63, 3.8) is 0 Å². The van der Waals surface area contributed by atoms with E-state index in [4.69, 9.17) is 4.74 Å². The van der Waals surface area contributed by atoms with Gasteiger partial charge in [-0.2, -0.15) is 0 Å². The summed E-state index contributed by atoms with van der Waals surface area (Å²) in [6.07, 6.45) is 6.13. The van der Waals surface area contributed by atoms with Gasteiger partial charge in [0.1, 0.15) is 18.0 Å². The molecule has 2 amide bonds. The molecule has 0 fully saturated rings. The van der Waals surface area contributed by atoms with Gasteiger partial charge < -0.3 is 30.2 Å². The maximum absolute atomic E-state index is 13.8. The molecule has 0 radical (unpaired) electrons. The van der Waals surface area contributed by atoms with Crippen LogP contribution in [0.5, 0.6) is 5.75 Å². The summed E-state index contributed by atoms with van der Waals surface area (Å²) in [6.45, 7) is 2.48. The number of aliphatic hydroxyl groups excluding tert-OH is 2. The van der Waals surface area contributed by atoms with E-state index in [2.05, 4.69) is 29.4 Å². The Morgan fingerprint density at radius 3 is 2.63 bits per heavy atom. The summed E-state index contributed by atoms with van der Waals surface area (Å²) >= 11 is 0. The summed E-state index contributed by atoms with van der Waals surface area (Å²) in [5.74, 6) is -0.193. The van der Waals surface area contributed by atoms with Crippen LogP contribution < -0.4 is 10.1 Å². The van der Waals surface area contributed by atoms with Crippen LogP contribution in [-0.4, -0.2) is 69.9 Å². The Bertz CT molecular complexity index is 1350. The maximum atomic E-state index is 13.8. The van der Waals surface area contributed by atoms with Crippen LogP contribution in [0.2, 0.25) is 0 Å². The molecular formula is C33H41N3O5. The first kappa shape index (κ1) is 28.9. The molecule has 4 atom stereocenters. The zero-order valence-electron chi connectivity index (χ0n) is 23.7. The van der Waals surface area contributed by atoms with Gasteiger partial charge in [-0.25, -0.2) is 0 Å². The van der Waals surface area contributed by atoms with Crippen LogP contribution in [0.1, 0.15) is 62.6 Å². The van der Waals surface area contributed by atoms with Crippen molar-refractivity contribution in [2.75, 3.05) is 19.7 Å². The van der Waals surface area contributed by atoms with Crippen molar-refractivity contribution in [3.05, 3.63) is 77.5 Å². The van der Waals surface area contributed by atoms with Gasteiger partial charge in [0.2, 0.25) is 11.8 Å². The van der Waals surface area contributed by atoms with Crippen LogP contribution in [0.4, 0.5) is 0 Å². The van der Waals surface area contributed by atoms with E-state index in [1.165, 1.54) is 0 Å². The van der Waals surface area contributed by atoms with Crippen molar-refractivity contribution in [2.45, 2.75) is 76.0 Å². The van der Waals surface area contributed by atoms with E-state index in [9.17, 15) is 19.8 Å². The maximum Gasteiger partial charge on any atom is 0.247 e. The molecule has 0 bridgehead atoms. The number of hydrogen-bond acceptors (Lipinski definition) is 5. The van der Waals surface area contributed by atoms with Crippen molar-refractivity contribution in [1.29, 1.82) is 0 Å². The van der Waals surface area contributed by atoms with Gasteiger partial charge in [0.25, 0.3) is 0 Å². The summed E-state index contributed by atoms with van der Waals surface area (Å²) in [5.41, 5.74) is 3.34. The first-order chi connectivity index (χ1) is 20.0. The van der Waals surface area contributed by atoms with Gasteiger partial charge >= 0.3 is 0 Å². The highest BCUT2D eigenvalue weighted by Gasteiger charge is 2.50. The number of para-hydroxylation sites is 2. The minimum absolute atomic E-state index is 0.0398. The Morgan fingerprint density at radius 1 is 1.05 bits per heavy atom. The van der Waals surface area contributed by atoms with E-state index in [1.54, 1.807) is 11.0 Å². The summed E-state index contributed by atoms with van der Waals surface area (Å²) in [4.78, 5) is 32.3. The van der Waals surface area contributed by atoms with Gasteiger partial charge in [0.05, 0.1) is 18.6 Å². The number of H-pyrrole nitrogens is 1. The number of rotatable bonds is 13. The number of unbranched alkanes of at least 4 members (excludes halogenated alkanes) is 4. The van der Waals surface area contributed by atoms with Crippen molar-refractivity contribution in [3.8, 4) is 5.75 Å². The number of aromatic amines is 1. The Labute approximate surface area is 241 Å². The lowest BCUT2D eigenvalue weighted by molar-refractivity contribution is -0.137. The summed E-state index contributed by atoms with van der Waals surface area (Å²) in [5, 5.41) is 24.9. The van der Waals surface area contributed by atoms with Gasteiger partial charge in [0.15, 0.2) is 0 Å². The second-order valence-corrected chi connectivity index (χ2v) is 11.1. The Kier molecular flexibility index (Phi) is 9.42. The van der Waals surface area contributed by atoms with E-state index < -0.39 is 24.2 Å². The molecule has 8 nitrogen and oxygen atoms in total. The minimum Gasteiger partial charge on any atom is -0.486 e. The fourth-order valence-corrected chi connectivity index (χ4v) is 6.16. The molecule has 3 aromatic rings. The van der Waals surface area contributed by atoms with Crippen molar-refractivity contribution >= 4 is 22.7 Å². The van der Waals surface area contributed by atoms with Crippen molar-refractivity contribution < 1.29 is 24.5 Å². The molecule has 5 rings (SSSR count). The highest BCUT2D eigenvalue weighted by atomic mass is 16.5. The predicted molar refractivity (Wildman–Crippen MR) is 159 cm³/mol. The highest BCUT2D eigenvalue weighted by Crippen LogP contribution is 2.47. The van der Waals surface area contributed by atoms with Gasteiger partial charge in [-0.1, -0.05) is 69.0 Å². The fourth-order valence-electron chi connectivity index (χ4n) is 6.16. The zero-order valence-corrected chi connectivity index (χ0v) is 23.7. The largest absolute Gasteiger partial charge is 0.486 e. The third kappa shape index (κ3) is 6.34. The first-order valence-corrected chi connectivity index (χ1v) is 14.9. The molecule has 1 aromatic heterocycles. The number of aromatic nitrogens is 1. The standard InChI is InChI=1S/C33H41N3O5/c1-2-3-4-5-6-15-29(38)36(18-16-23-20-22-11-7-9-13-26(22)35-23)27-21-25(33(40)34-17-19-37)30-24-12-8-10-14-28(24)41-32(30)31(27)39/h7-14,20-21,27,30-32,35,37,39H,2-6,15-19H2,1H3,(H,34,40). The van der Waals surface area contributed by atoms with Crippen molar-refractivity contribution in [2.24, 2.45) is 0 Å². The number of carbonyl (C=O) groups is 2. The average molecular weight is 560 g/mol. The number of nitrogens with one attached hydrogen (secondary N) is 2. The molecule has 41 heavy (non-hydrogen) atoms. The van der Waals surface area contributed by atoms with E-state index in [1.807, 2.05) is 42.5 Å². The number of aliphatic hydroxyl groups is 2. The third-order valence-corrected chi connectivity index (χ3v) is 8.26. The molecule has 218 valence electrons. The monoisotopic (exact) mass is 559 g/mol. The van der Waals surface area contributed by atoms with Crippen molar-refractivity contribution in [1.82, 2.24) is 15.2 Å². The van der Waals surface area contributed by atoms with E-state index in [-0.39, 0.29) is 25.0 Å².